The highest BCUT2D eigenvalue weighted by Gasteiger charge is 2.36. The minimum Gasteiger partial charge on any atom is -0.366 e. The van der Waals surface area contributed by atoms with Crippen molar-refractivity contribution < 1.29 is 4.79 Å². The van der Waals surface area contributed by atoms with E-state index < -0.39 is 5.91 Å². The van der Waals surface area contributed by atoms with Crippen LogP contribution in [-0.4, -0.2) is 16.9 Å². The van der Waals surface area contributed by atoms with Gasteiger partial charge in [-0.15, -0.1) is 0 Å². The summed E-state index contributed by atoms with van der Waals surface area (Å²) < 4.78 is 0. The molecule has 0 spiro atoms. The number of rotatable bonds is 4. The number of nitrogens with zero attached hydrogens (tertiary/aromatic N) is 2. The highest BCUT2D eigenvalue weighted by molar-refractivity contribution is 5.96. The van der Waals surface area contributed by atoms with E-state index in [4.69, 9.17) is 10.7 Å². The van der Waals surface area contributed by atoms with E-state index in [-0.39, 0.29) is 6.17 Å². The summed E-state index contributed by atoms with van der Waals surface area (Å²) in [5.74, 6) is -0.400. The molecule has 1 fully saturated rings. The first-order valence-electron chi connectivity index (χ1n) is 12.1. The number of nitrogens with one attached hydrogen (secondary N) is 1. The Labute approximate surface area is 199 Å². The maximum absolute atomic E-state index is 11.8. The Morgan fingerprint density at radius 2 is 1.74 bits per heavy atom. The first-order chi connectivity index (χ1) is 16.7. The summed E-state index contributed by atoms with van der Waals surface area (Å²) >= 11 is 0. The van der Waals surface area contributed by atoms with Crippen LogP contribution in [0.3, 0.4) is 0 Å². The van der Waals surface area contributed by atoms with Crippen molar-refractivity contribution in [3.05, 3.63) is 90.0 Å². The molecule has 1 aliphatic heterocycles. The van der Waals surface area contributed by atoms with Gasteiger partial charge in [-0.3, -0.25) is 4.79 Å². The van der Waals surface area contributed by atoms with Gasteiger partial charge in [-0.25, -0.2) is 4.98 Å². The summed E-state index contributed by atoms with van der Waals surface area (Å²) in [6.45, 7) is 0. The fourth-order valence-corrected chi connectivity index (χ4v) is 5.48. The lowest BCUT2D eigenvalue weighted by molar-refractivity contribution is 0.100. The lowest BCUT2D eigenvalue weighted by Crippen LogP contribution is -2.39. The van der Waals surface area contributed by atoms with E-state index in [1.54, 1.807) is 0 Å². The number of amides is 1. The van der Waals surface area contributed by atoms with E-state index in [2.05, 4.69) is 52.7 Å². The molecule has 2 aliphatic rings. The highest BCUT2D eigenvalue weighted by Crippen LogP contribution is 2.45. The molecular formula is C29H28N4O. The van der Waals surface area contributed by atoms with Crippen LogP contribution in [0, 0.1) is 0 Å². The van der Waals surface area contributed by atoms with Crippen LogP contribution in [0.2, 0.25) is 0 Å². The molecule has 1 aliphatic carbocycles. The van der Waals surface area contributed by atoms with Crippen LogP contribution in [0.4, 0.5) is 11.4 Å². The predicted octanol–water partition coefficient (Wildman–Crippen LogP) is 6.26. The molecule has 5 heteroatoms. The number of hydrogen-bond donors (Lipinski definition) is 2. The number of primary amides is 1. The smallest absolute Gasteiger partial charge is 0.248 e. The number of benzene rings is 3. The van der Waals surface area contributed by atoms with Gasteiger partial charge in [0.1, 0.15) is 6.17 Å². The molecule has 0 saturated heterocycles. The van der Waals surface area contributed by atoms with Gasteiger partial charge >= 0.3 is 0 Å². The fourth-order valence-electron chi connectivity index (χ4n) is 5.48. The zero-order valence-electron chi connectivity index (χ0n) is 19.1. The third-order valence-corrected chi connectivity index (χ3v) is 7.20. The van der Waals surface area contributed by atoms with Crippen LogP contribution in [-0.2, 0) is 0 Å². The van der Waals surface area contributed by atoms with Crippen LogP contribution in [0.1, 0.15) is 54.2 Å². The van der Waals surface area contributed by atoms with E-state index in [1.165, 1.54) is 37.7 Å². The van der Waals surface area contributed by atoms with Gasteiger partial charge in [0.2, 0.25) is 5.91 Å². The van der Waals surface area contributed by atoms with Crippen molar-refractivity contribution >= 4 is 28.2 Å². The van der Waals surface area contributed by atoms with Crippen molar-refractivity contribution in [1.29, 1.82) is 0 Å². The zero-order valence-corrected chi connectivity index (χ0v) is 19.1. The van der Waals surface area contributed by atoms with Crippen molar-refractivity contribution in [2.24, 2.45) is 5.73 Å². The maximum Gasteiger partial charge on any atom is 0.248 e. The third kappa shape index (κ3) is 3.67. The van der Waals surface area contributed by atoms with Crippen LogP contribution in [0.5, 0.6) is 0 Å². The molecule has 0 bridgehead atoms. The van der Waals surface area contributed by atoms with E-state index in [1.807, 2.05) is 36.4 Å². The van der Waals surface area contributed by atoms with Crippen molar-refractivity contribution in [2.45, 2.75) is 44.3 Å². The first-order valence-corrected chi connectivity index (χ1v) is 12.1. The Bertz CT molecular complexity index is 1360. The van der Waals surface area contributed by atoms with Crippen molar-refractivity contribution in [2.75, 3.05) is 10.2 Å². The molecule has 1 unspecified atom stereocenters. The summed E-state index contributed by atoms with van der Waals surface area (Å²) in [5, 5.41) is 4.81. The molecule has 34 heavy (non-hydrogen) atoms. The molecule has 0 radical (unpaired) electrons. The molecule has 5 nitrogen and oxygen atoms in total. The van der Waals surface area contributed by atoms with Gasteiger partial charge in [-0.2, -0.15) is 0 Å². The average Bonchev–Trinajstić information content (AvgIpc) is 3.28. The van der Waals surface area contributed by atoms with E-state index >= 15 is 0 Å². The molecule has 3 aromatic carbocycles. The molecule has 3 N–H and O–H groups in total. The Balaban J connectivity index is 1.38. The summed E-state index contributed by atoms with van der Waals surface area (Å²) in [6, 6.07) is 27.3. The van der Waals surface area contributed by atoms with Crippen LogP contribution in [0.15, 0.2) is 78.9 Å². The zero-order chi connectivity index (χ0) is 23.1. The number of nitrogens with two attached hydrogens (primary N) is 1. The van der Waals surface area contributed by atoms with Gasteiger partial charge < -0.3 is 16.0 Å². The molecule has 1 saturated carbocycles. The second kappa shape index (κ2) is 8.49. The van der Waals surface area contributed by atoms with Gasteiger partial charge in [0.05, 0.1) is 22.6 Å². The number of carbonyl (C=O) groups is 1. The van der Waals surface area contributed by atoms with E-state index in [9.17, 15) is 4.79 Å². The number of aromatic nitrogens is 1. The van der Waals surface area contributed by atoms with Crippen LogP contribution in [0.25, 0.3) is 22.2 Å². The highest BCUT2D eigenvalue weighted by atomic mass is 16.1. The molecule has 6 rings (SSSR count). The lowest BCUT2D eigenvalue weighted by Gasteiger charge is -2.37. The van der Waals surface area contributed by atoms with E-state index in [0.29, 0.717) is 11.6 Å². The Kier molecular flexibility index (Phi) is 5.17. The predicted molar refractivity (Wildman–Crippen MR) is 138 cm³/mol. The molecule has 1 aromatic heterocycles. The third-order valence-electron chi connectivity index (χ3n) is 7.20. The molecule has 4 aromatic rings. The normalized spacial score (nSPS) is 18.0. The Morgan fingerprint density at radius 3 is 2.53 bits per heavy atom. The second-order valence-electron chi connectivity index (χ2n) is 9.36. The number of carbonyl (C=O) groups excluding carboxylic acids is 1. The topological polar surface area (TPSA) is 71.2 Å². The summed E-state index contributed by atoms with van der Waals surface area (Å²) in [6.07, 6.45) is 6.20. The molecule has 1 amide bonds. The minimum absolute atomic E-state index is 0.0134. The van der Waals surface area contributed by atoms with Gasteiger partial charge in [0.15, 0.2) is 0 Å². The van der Waals surface area contributed by atoms with Crippen molar-refractivity contribution in [1.82, 2.24) is 4.98 Å². The van der Waals surface area contributed by atoms with Crippen molar-refractivity contribution in [3.63, 3.8) is 0 Å². The first kappa shape index (κ1) is 20.7. The maximum atomic E-state index is 11.8. The van der Waals surface area contributed by atoms with Gasteiger partial charge in [0, 0.05) is 22.6 Å². The fraction of sp³-hybridized carbons (Fsp3) is 0.241. The Hall–Kier alpha value is -3.86. The molecule has 170 valence electrons. The van der Waals surface area contributed by atoms with Crippen LogP contribution < -0.4 is 16.0 Å². The van der Waals surface area contributed by atoms with Gasteiger partial charge in [-0.1, -0.05) is 61.7 Å². The number of fused-ring (bicyclic) bond motifs is 2. The van der Waals surface area contributed by atoms with E-state index in [0.717, 1.165) is 33.5 Å². The number of anilines is 2. The number of hydrogen-bond acceptors (Lipinski definition) is 4. The molecule has 2 heterocycles. The quantitative estimate of drug-likeness (QED) is 0.386. The SMILES string of the molecule is NC(=O)c1ccc2c(c1)NC(c1ccc3nc(-c4ccccc4)ccc3c1)N2C1CCCCC1. The number of pyridine rings is 1. The summed E-state index contributed by atoms with van der Waals surface area (Å²) in [5.41, 5.74) is 12.5. The molecular weight excluding hydrogens is 420 g/mol. The Morgan fingerprint density at radius 1 is 0.912 bits per heavy atom. The average molecular weight is 449 g/mol. The largest absolute Gasteiger partial charge is 0.366 e. The minimum atomic E-state index is -0.400. The monoisotopic (exact) mass is 448 g/mol. The van der Waals surface area contributed by atoms with Gasteiger partial charge in [-0.05, 0) is 54.8 Å². The van der Waals surface area contributed by atoms with Gasteiger partial charge in [0.25, 0.3) is 0 Å². The summed E-state index contributed by atoms with van der Waals surface area (Å²) in [7, 11) is 0. The lowest BCUT2D eigenvalue weighted by atomic mass is 9.93. The molecule has 1 atom stereocenters. The van der Waals surface area contributed by atoms with Crippen molar-refractivity contribution in [3.8, 4) is 11.3 Å². The summed E-state index contributed by atoms with van der Waals surface area (Å²) in [4.78, 5) is 19.2. The van der Waals surface area contributed by atoms with Crippen LogP contribution >= 0.6 is 0 Å². The second-order valence-corrected chi connectivity index (χ2v) is 9.36. The standard InChI is InChI=1S/C29H28N4O/c30-28(34)21-13-16-27-26(18-21)32-29(33(27)23-9-5-2-6-10-23)22-12-15-25-20(17-22)11-14-24(31-25)19-7-3-1-4-8-19/h1,3-4,7-8,11-18,23,29,32H,2,5-6,9-10H2,(H2,30,34).